The molecule has 1 N–H and O–H groups in total. The number of morpholine rings is 1. The molecule has 1 aromatic carbocycles. The van der Waals surface area contributed by atoms with Gasteiger partial charge in [0, 0.05) is 51.7 Å². The van der Waals surface area contributed by atoms with Crippen LogP contribution < -0.4 is 5.32 Å². The van der Waals surface area contributed by atoms with Crippen LogP contribution in [-0.2, 0) is 4.74 Å². The SMILES string of the molecule is CN=C(NC1CC1c1ccc(C(C)C)cc1)N1CCC(CN2CCOCC2)C1. The topological polar surface area (TPSA) is 40.1 Å². The van der Waals surface area contributed by atoms with Crippen molar-refractivity contribution in [2.45, 2.75) is 44.6 Å². The van der Waals surface area contributed by atoms with Crippen LogP contribution in [0.25, 0.3) is 0 Å². The minimum absolute atomic E-state index is 0.530. The number of nitrogens with zero attached hydrogens (tertiary/aromatic N) is 3. The first kappa shape index (κ1) is 19.7. The number of guanidine groups is 1. The highest BCUT2D eigenvalue weighted by atomic mass is 16.5. The maximum absolute atomic E-state index is 5.47. The van der Waals surface area contributed by atoms with Crippen molar-refractivity contribution >= 4 is 5.96 Å². The second-order valence-corrected chi connectivity index (χ2v) is 8.98. The molecule has 1 aromatic rings. The molecule has 0 spiro atoms. The average molecular weight is 385 g/mol. The van der Waals surface area contributed by atoms with Gasteiger partial charge in [0.05, 0.1) is 13.2 Å². The Morgan fingerprint density at radius 3 is 2.61 bits per heavy atom. The molecule has 2 heterocycles. The van der Waals surface area contributed by atoms with Crippen LogP contribution in [-0.4, -0.2) is 74.8 Å². The van der Waals surface area contributed by atoms with Gasteiger partial charge in [-0.2, -0.15) is 0 Å². The van der Waals surface area contributed by atoms with Gasteiger partial charge in [-0.3, -0.25) is 9.89 Å². The molecule has 3 atom stereocenters. The van der Waals surface area contributed by atoms with E-state index in [4.69, 9.17) is 4.74 Å². The Balaban J connectivity index is 1.26. The fraction of sp³-hybridized carbons (Fsp3) is 0.696. The van der Waals surface area contributed by atoms with Crippen LogP contribution >= 0.6 is 0 Å². The van der Waals surface area contributed by atoms with Crippen LogP contribution in [0.2, 0.25) is 0 Å². The van der Waals surface area contributed by atoms with Gasteiger partial charge in [-0.15, -0.1) is 0 Å². The maximum Gasteiger partial charge on any atom is 0.193 e. The maximum atomic E-state index is 5.47. The first-order chi connectivity index (χ1) is 13.6. The molecule has 0 amide bonds. The van der Waals surface area contributed by atoms with E-state index in [1.54, 1.807) is 0 Å². The standard InChI is InChI=1S/C23H36N4O/c1-17(2)19-4-6-20(7-5-19)21-14-22(21)25-23(24-3)27-9-8-18(16-27)15-26-10-12-28-13-11-26/h4-7,17-18,21-22H,8-16H2,1-3H3,(H,24,25). The van der Waals surface area contributed by atoms with Crippen LogP contribution in [0, 0.1) is 5.92 Å². The number of benzene rings is 1. The third-order valence-electron chi connectivity index (χ3n) is 6.55. The Morgan fingerprint density at radius 1 is 1.18 bits per heavy atom. The van der Waals surface area contributed by atoms with Crippen molar-refractivity contribution < 1.29 is 4.74 Å². The molecule has 4 rings (SSSR count). The molecule has 3 fully saturated rings. The highest BCUT2D eigenvalue weighted by molar-refractivity contribution is 5.81. The monoisotopic (exact) mass is 384 g/mol. The fourth-order valence-electron chi connectivity index (χ4n) is 4.64. The molecular weight excluding hydrogens is 348 g/mol. The number of hydrogen-bond acceptors (Lipinski definition) is 3. The van der Waals surface area contributed by atoms with E-state index in [0.717, 1.165) is 51.3 Å². The number of hydrogen-bond donors (Lipinski definition) is 1. The first-order valence-corrected chi connectivity index (χ1v) is 11.0. The fourth-order valence-corrected chi connectivity index (χ4v) is 4.64. The number of ether oxygens (including phenoxy) is 1. The molecule has 3 unspecified atom stereocenters. The predicted octanol–water partition coefficient (Wildman–Crippen LogP) is 2.90. The third-order valence-corrected chi connectivity index (χ3v) is 6.55. The number of rotatable bonds is 5. The van der Waals surface area contributed by atoms with Crippen LogP contribution in [0.15, 0.2) is 29.3 Å². The van der Waals surface area contributed by atoms with Crippen molar-refractivity contribution in [1.29, 1.82) is 0 Å². The molecule has 2 aliphatic heterocycles. The molecule has 28 heavy (non-hydrogen) atoms. The normalized spacial score (nSPS) is 28.8. The Bertz CT molecular complexity index is 666. The summed E-state index contributed by atoms with van der Waals surface area (Å²) in [5, 5.41) is 3.74. The molecular formula is C23H36N4O. The van der Waals surface area contributed by atoms with Gasteiger partial charge in [0.1, 0.15) is 0 Å². The van der Waals surface area contributed by atoms with Crippen LogP contribution in [0.3, 0.4) is 0 Å². The molecule has 5 nitrogen and oxygen atoms in total. The van der Waals surface area contributed by atoms with E-state index in [-0.39, 0.29) is 0 Å². The van der Waals surface area contributed by atoms with Crippen molar-refractivity contribution in [2.75, 3.05) is 53.0 Å². The summed E-state index contributed by atoms with van der Waals surface area (Å²) >= 11 is 0. The van der Waals surface area contributed by atoms with Crippen LogP contribution in [0.1, 0.15) is 49.7 Å². The first-order valence-electron chi connectivity index (χ1n) is 11.0. The third kappa shape index (κ3) is 4.69. The van der Waals surface area contributed by atoms with E-state index >= 15 is 0 Å². The second kappa shape index (κ2) is 8.83. The van der Waals surface area contributed by atoms with Crippen molar-refractivity contribution in [3.63, 3.8) is 0 Å². The van der Waals surface area contributed by atoms with E-state index in [0.29, 0.717) is 17.9 Å². The highest BCUT2D eigenvalue weighted by Crippen LogP contribution is 2.41. The number of likely N-dealkylation sites (tertiary alicyclic amines) is 1. The lowest BCUT2D eigenvalue weighted by Gasteiger charge is -2.29. The molecule has 3 aliphatic rings. The Morgan fingerprint density at radius 2 is 1.93 bits per heavy atom. The zero-order valence-electron chi connectivity index (χ0n) is 17.7. The molecule has 0 aromatic heterocycles. The number of nitrogens with one attached hydrogen (secondary N) is 1. The van der Waals surface area contributed by atoms with Gasteiger partial charge in [-0.25, -0.2) is 0 Å². The molecule has 0 bridgehead atoms. The summed E-state index contributed by atoms with van der Waals surface area (Å²) < 4.78 is 5.47. The Hall–Kier alpha value is -1.59. The lowest BCUT2D eigenvalue weighted by Crippen LogP contribution is -2.43. The summed E-state index contributed by atoms with van der Waals surface area (Å²) in [5.74, 6) is 3.07. The molecule has 1 aliphatic carbocycles. The van der Waals surface area contributed by atoms with Gasteiger partial charge in [-0.05, 0) is 35.8 Å². The summed E-state index contributed by atoms with van der Waals surface area (Å²) in [4.78, 5) is 9.62. The summed E-state index contributed by atoms with van der Waals surface area (Å²) in [5.41, 5.74) is 2.89. The van der Waals surface area contributed by atoms with Crippen LogP contribution in [0.5, 0.6) is 0 Å². The Kier molecular flexibility index (Phi) is 6.22. The average Bonchev–Trinajstić information content (AvgIpc) is 3.35. The zero-order valence-corrected chi connectivity index (χ0v) is 17.7. The van der Waals surface area contributed by atoms with Gasteiger partial charge in [-0.1, -0.05) is 38.1 Å². The van der Waals surface area contributed by atoms with Crippen molar-refractivity contribution in [1.82, 2.24) is 15.1 Å². The van der Waals surface area contributed by atoms with Gasteiger partial charge in [0.25, 0.3) is 0 Å². The van der Waals surface area contributed by atoms with E-state index in [1.807, 2.05) is 7.05 Å². The quantitative estimate of drug-likeness (QED) is 0.626. The lowest BCUT2D eigenvalue weighted by atomic mass is 10.0. The molecule has 5 heteroatoms. The van der Waals surface area contributed by atoms with E-state index in [9.17, 15) is 0 Å². The van der Waals surface area contributed by atoms with Crippen molar-refractivity contribution in [3.05, 3.63) is 35.4 Å². The van der Waals surface area contributed by atoms with E-state index in [1.165, 1.54) is 30.5 Å². The minimum atomic E-state index is 0.530. The summed E-state index contributed by atoms with van der Waals surface area (Å²) in [6.07, 6.45) is 2.48. The lowest BCUT2D eigenvalue weighted by molar-refractivity contribution is 0.0315. The summed E-state index contributed by atoms with van der Waals surface area (Å²) in [6.45, 7) is 11.9. The minimum Gasteiger partial charge on any atom is -0.379 e. The van der Waals surface area contributed by atoms with Gasteiger partial charge >= 0.3 is 0 Å². The number of aliphatic imine (C=N–C) groups is 1. The second-order valence-electron chi connectivity index (χ2n) is 8.98. The van der Waals surface area contributed by atoms with Crippen LogP contribution in [0.4, 0.5) is 0 Å². The smallest absolute Gasteiger partial charge is 0.193 e. The molecule has 154 valence electrons. The van der Waals surface area contributed by atoms with Gasteiger partial charge in [0.15, 0.2) is 5.96 Å². The largest absolute Gasteiger partial charge is 0.379 e. The van der Waals surface area contributed by atoms with Gasteiger partial charge < -0.3 is 15.0 Å². The zero-order chi connectivity index (χ0) is 19.5. The molecule has 0 radical (unpaired) electrons. The van der Waals surface area contributed by atoms with E-state index in [2.05, 4.69) is 58.2 Å². The Labute approximate surface area is 170 Å². The predicted molar refractivity (Wildman–Crippen MR) is 115 cm³/mol. The molecule has 1 saturated carbocycles. The highest BCUT2D eigenvalue weighted by Gasteiger charge is 2.40. The van der Waals surface area contributed by atoms with Crippen molar-refractivity contribution in [2.24, 2.45) is 10.9 Å². The van der Waals surface area contributed by atoms with Crippen molar-refractivity contribution in [3.8, 4) is 0 Å². The van der Waals surface area contributed by atoms with Gasteiger partial charge in [0.2, 0.25) is 0 Å². The molecule has 2 saturated heterocycles. The summed E-state index contributed by atoms with van der Waals surface area (Å²) in [6, 6.07) is 9.75. The van der Waals surface area contributed by atoms with E-state index < -0.39 is 0 Å². The summed E-state index contributed by atoms with van der Waals surface area (Å²) in [7, 11) is 1.92.